The van der Waals surface area contributed by atoms with Crippen LogP contribution in [0.2, 0.25) is 0 Å². The van der Waals surface area contributed by atoms with Crippen LogP contribution in [0.15, 0.2) is 24.5 Å². The summed E-state index contributed by atoms with van der Waals surface area (Å²) in [5.41, 5.74) is 1.60. The van der Waals surface area contributed by atoms with Crippen LogP contribution < -0.4 is 5.32 Å². The summed E-state index contributed by atoms with van der Waals surface area (Å²) < 4.78 is 0. The monoisotopic (exact) mass is 205 g/mol. The Morgan fingerprint density at radius 1 is 1.20 bits per heavy atom. The molecule has 0 saturated carbocycles. The van der Waals surface area contributed by atoms with Gasteiger partial charge in [-0.05, 0) is 57.7 Å². The molecular formula is C12H19N3. The summed E-state index contributed by atoms with van der Waals surface area (Å²) in [4.78, 5) is 6.45. The number of nitrogens with zero attached hydrogens (tertiary/aromatic N) is 2. The van der Waals surface area contributed by atoms with Crippen molar-refractivity contribution in [1.29, 1.82) is 0 Å². The maximum absolute atomic E-state index is 4.10. The average Bonchev–Trinajstić information content (AvgIpc) is 2.31. The Hall–Kier alpha value is -0.930. The Morgan fingerprint density at radius 2 is 1.80 bits per heavy atom. The van der Waals surface area contributed by atoms with Gasteiger partial charge in [0.2, 0.25) is 0 Å². The highest BCUT2D eigenvalue weighted by atomic mass is 15.2. The lowest BCUT2D eigenvalue weighted by atomic mass is 9.81. The fraction of sp³-hybridized carbons (Fsp3) is 0.583. The molecule has 0 atom stereocenters. The summed E-state index contributed by atoms with van der Waals surface area (Å²) in [6.45, 7) is 2.20. The molecule has 1 aliphatic rings. The molecule has 0 aliphatic carbocycles. The van der Waals surface area contributed by atoms with Gasteiger partial charge in [0, 0.05) is 17.9 Å². The van der Waals surface area contributed by atoms with Crippen molar-refractivity contribution >= 4 is 0 Å². The molecule has 1 aromatic rings. The molecule has 0 radical (unpaired) electrons. The fourth-order valence-electron chi connectivity index (χ4n) is 2.50. The van der Waals surface area contributed by atoms with Gasteiger partial charge in [-0.1, -0.05) is 0 Å². The largest absolute Gasteiger partial charge is 0.317 e. The van der Waals surface area contributed by atoms with E-state index in [0.29, 0.717) is 0 Å². The van der Waals surface area contributed by atoms with Gasteiger partial charge >= 0.3 is 0 Å². The zero-order chi connectivity index (χ0) is 10.7. The quantitative estimate of drug-likeness (QED) is 0.787. The van der Waals surface area contributed by atoms with E-state index in [1.807, 2.05) is 12.4 Å². The summed E-state index contributed by atoms with van der Waals surface area (Å²) >= 11 is 0. The van der Waals surface area contributed by atoms with Crippen LogP contribution in [0.4, 0.5) is 0 Å². The van der Waals surface area contributed by atoms with E-state index in [2.05, 4.69) is 41.4 Å². The molecule has 1 aromatic heterocycles. The van der Waals surface area contributed by atoms with Crippen molar-refractivity contribution < 1.29 is 0 Å². The standard InChI is InChI=1S/C12H19N3/c1-15(2)12(5-9-14-10-6-12)11-3-7-13-8-4-11/h3-4,7-8,14H,5-6,9-10H2,1-2H3. The van der Waals surface area contributed by atoms with E-state index in [1.54, 1.807) is 0 Å². The van der Waals surface area contributed by atoms with Crippen LogP contribution in [-0.4, -0.2) is 37.1 Å². The van der Waals surface area contributed by atoms with Crippen LogP contribution in [0.5, 0.6) is 0 Å². The van der Waals surface area contributed by atoms with Gasteiger partial charge in [0.25, 0.3) is 0 Å². The maximum atomic E-state index is 4.10. The van der Waals surface area contributed by atoms with Crippen LogP contribution in [-0.2, 0) is 5.54 Å². The van der Waals surface area contributed by atoms with E-state index in [-0.39, 0.29) is 5.54 Å². The smallest absolute Gasteiger partial charge is 0.0480 e. The second-order valence-electron chi connectivity index (χ2n) is 4.41. The molecule has 82 valence electrons. The molecule has 3 nitrogen and oxygen atoms in total. The molecule has 3 heteroatoms. The summed E-state index contributed by atoms with van der Waals surface area (Å²) in [5, 5.41) is 3.42. The SMILES string of the molecule is CN(C)C1(c2ccncc2)CCNCC1. The van der Waals surface area contributed by atoms with Gasteiger partial charge < -0.3 is 5.32 Å². The van der Waals surface area contributed by atoms with E-state index >= 15 is 0 Å². The summed E-state index contributed by atoms with van der Waals surface area (Å²) in [5.74, 6) is 0. The van der Waals surface area contributed by atoms with Crippen LogP contribution >= 0.6 is 0 Å². The topological polar surface area (TPSA) is 28.2 Å². The highest BCUT2D eigenvalue weighted by Crippen LogP contribution is 2.34. The number of hydrogen-bond acceptors (Lipinski definition) is 3. The van der Waals surface area contributed by atoms with Crippen molar-refractivity contribution in [2.24, 2.45) is 0 Å². The third-order valence-electron chi connectivity index (χ3n) is 3.50. The average molecular weight is 205 g/mol. The lowest BCUT2D eigenvalue weighted by molar-refractivity contribution is 0.107. The Kier molecular flexibility index (Phi) is 3.03. The predicted octanol–water partition coefficient (Wildman–Crippen LogP) is 1.22. The van der Waals surface area contributed by atoms with Gasteiger partial charge in [-0.15, -0.1) is 0 Å². The molecule has 2 heterocycles. The highest BCUT2D eigenvalue weighted by Gasteiger charge is 2.35. The van der Waals surface area contributed by atoms with Crippen molar-refractivity contribution in [1.82, 2.24) is 15.2 Å². The molecule has 2 rings (SSSR count). The number of rotatable bonds is 2. The minimum absolute atomic E-state index is 0.203. The molecular weight excluding hydrogens is 186 g/mol. The van der Waals surface area contributed by atoms with Gasteiger partial charge in [-0.2, -0.15) is 0 Å². The molecule has 1 fully saturated rings. The van der Waals surface area contributed by atoms with E-state index < -0.39 is 0 Å². The third-order valence-corrected chi connectivity index (χ3v) is 3.50. The number of nitrogens with one attached hydrogen (secondary N) is 1. The van der Waals surface area contributed by atoms with Crippen LogP contribution in [0, 0.1) is 0 Å². The number of hydrogen-bond donors (Lipinski definition) is 1. The highest BCUT2D eigenvalue weighted by molar-refractivity contribution is 5.22. The second kappa shape index (κ2) is 4.29. The number of pyridine rings is 1. The van der Waals surface area contributed by atoms with Gasteiger partial charge in [-0.25, -0.2) is 0 Å². The van der Waals surface area contributed by atoms with E-state index in [1.165, 1.54) is 18.4 Å². The van der Waals surface area contributed by atoms with Crippen molar-refractivity contribution in [3.63, 3.8) is 0 Å². The van der Waals surface area contributed by atoms with Crippen molar-refractivity contribution in [2.45, 2.75) is 18.4 Å². The fourth-order valence-corrected chi connectivity index (χ4v) is 2.50. The van der Waals surface area contributed by atoms with Gasteiger partial charge in [0.1, 0.15) is 0 Å². The van der Waals surface area contributed by atoms with Gasteiger partial charge in [-0.3, -0.25) is 9.88 Å². The van der Waals surface area contributed by atoms with Gasteiger partial charge in [0.05, 0.1) is 0 Å². The van der Waals surface area contributed by atoms with Crippen LogP contribution in [0.25, 0.3) is 0 Å². The molecule has 0 spiro atoms. The van der Waals surface area contributed by atoms with E-state index in [9.17, 15) is 0 Å². The second-order valence-corrected chi connectivity index (χ2v) is 4.41. The Bertz CT molecular complexity index is 302. The minimum Gasteiger partial charge on any atom is -0.317 e. The van der Waals surface area contributed by atoms with Crippen LogP contribution in [0.1, 0.15) is 18.4 Å². The first-order valence-corrected chi connectivity index (χ1v) is 5.54. The lowest BCUT2D eigenvalue weighted by Gasteiger charge is -2.43. The zero-order valence-electron chi connectivity index (χ0n) is 9.53. The Balaban J connectivity index is 2.34. The Labute approximate surface area is 91.5 Å². The van der Waals surface area contributed by atoms with Crippen LogP contribution in [0.3, 0.4) is 0 Å². The normalized spacial score (nSPS) is 20.5. The first-order valence-electron chi connectivity index (χ1n) is 5.54. The van der Waals surface area contributed by atoms with Crippen molar-refractivity contribution in [3.05, 3.63) is 30.1 Å². The molecule has 0 unspecified atom stereocenters. The summed E-state index contributed by atoms with van der Waals surface area (Å²) in [7, 11) is 4.34. The molecule has 0 aromatic carbocycles. The molecule has 1 N–H and O–H groups in total. The first-order chi connectivity index (χ1) is 7.26. The summed E-state index contributed by atoms with van der Waals surface area (Å²) in [6, 6.07) is 4.29. The first kappa shape index (κ1) is 10.6. The summed E-state index contributed by atoms with van der Waals surface area (Å²) in [6.07, 6.45) is 6.12. The van der Waals surface area contributed by atoms with Gasteiger partial charge in [0.15, 0.2) is 0 Å². The maximum Gasteiger partial charge on any atom is 0.0480 e. The van der Waals surface area contributed by atoms with Crippen molar-refractivity contribution in [2.75, 3.05) is 27.2 Å². The number of aromatic nitrogens is 1. The molecule has 0 bridgehead atoms. The third kappa shape index (κ3) is 1.90. The molecule has 1 saturated heterocycles. The number of piperidine rings is 1. The van der Waals surface area contributed by atoms with E-state index in [0.717, 1.165) is 13.1 Å². The molecule has 15 heavy (non-hydrogen) atoms. The van der Waals surface area contributed by atoms with E-state index in [4.69, 9.17) is 0 Å². The van der Waals surface area contributed by atoms with Crippen molar-refractivity contribution in [3.8, 4) is 0 Å². The molecule has 0 amide bonds. The predicted molar refractivity (Wildman–Crippen MR) is 61.7 cm³/mol. The lowest BCUT2D eigenvalue weighted by Crippen LogP contribution is -2.49. The Morgan fingerprint density at radius 3 is 2.33 bits per heavy atom. The molecule has 1 aliphatic heterocycles. The minimum atomic E-state index is 0.203. The zero-order valence-corrected chi connectivity index (χ0v) is 9.53.